The van der Waals surface area contributed by atoms with E-state index in [4.69, 9.17) is 4.74 Å². The molecule has 2 nitrogen and oxygen atoms in total. The van der Waals surface area contributed by atoms with Crippen LogP contribution in [-0.4, -0.2) is 11.7 Å². The highest BCUT2D eigenvalue weighted by molar-refractivity contribution is 5.36. The second kappa shape index (κ2) is 4.96. The van der Waals surface area contributed by atoms with Crippen LogP contribution in [0.4, 0.5) is 4.39 Å². The van der Waals surface area contributed by atoms with Gasteiger partial charge in [0, 0.05) is 0 Å². The number of halogens is 1. The third-order valence-electron chi connectivity index (χ3n) is 1.89. The Morgan fingerprint density at radius 1 is 1.50 bits per heavy atom. The van der Waals surface area contributed by atoms with Gasteiger partial charge >= 0.3 is 0 Å². The van der Waals surface area contributed by atoms with Crippen molar-refractivity contribution in [1.82, 2.24) is 0 Å². The van der Waals surface area contributed by atoms with Crippen LogP contribution < -0.4 is 4.74 Å². The van der Waals surface area contributed by atoms with Gasteiger partial charge in [-0.1, -0.05) is 13.0 Å². The molecule has 1 aromatic carbocycles. The van der Waals surface area contributed by atoms with E-state index in [1.807, 2.05) is 6.92 Å². The van der Waals surface area contributed by atoms with Gasteiger partial charge in [0.15, 0.2) is 0 Å². The summed E-state index contributed by atoms with van der Waals surface area (Å²) in [6.45, 7) is 4.03. The lowest BCUT2D eigenvalue weighted by Crippen LogP contribution is -2.03. The van der Waals surface area contributed by atoms with Crippen LogP contribution in [0.15, 0.2) is 18.2 Å². The fraction of sp³-hybridized carbons (Fsp3) is 0.455. The molecule has 1 atom stereocenters. The highest BCUT2D eigenvalue weighted by Gasteiger charge is 2.13. The predicted molar refractivity (Wildman–Crippen MR) is 52.8 cm³/mol. The molecule has 0 aliphatic rings. The Kier molecular flexibility index (Phi) is 3.89. The number of aliphatic hydroxyl groups is 1. The van der Waals surface area contributed by atoms with E-state index in [1.54, 1.807) is 12.1 Å². The molecule has 0 spiro atoms. The molecule has 0 fully saturated rings. The molecule has 0 aliphatic carbocycles. The maximum atomic E-state index is 13.3. The van der Waals surface area contributed by atoms with Gasteiger partial charge in [-0.3, -0.25) is 0 Å². The molecule has 0 saturated heterocycles. The standard InChI is InChI=1S/C11H15FO2/c1-3-7-14-10-6-4-5-9(12)11(10)8(2)13/h4-6,8,13H,3,7H2,1-2H3. The topological polar surface area (TPSA) is 29.5 Å². The number of ether oxygens (including phenoxy) is 1. The zero-order chi connectivity index (χ0) is 10.6. The maximum Gasteiger partial charge on any atom is 0.132 e. The monoisotopic (exact) mass is 198 g/mol. The van der Waals surface area contributed by atoms with Gasteiger partial charge in [0.2, 0.25) is 0 Å². The smallest absolute Gasteiger partial charge is 0.132 e. The summed E-state index contributed by atoms with van der Waals surface area (Å²) in [6, 6.07) is 4.56. The number of hydrogen-bond acceptors (Lipinski definition) is 2. The first-order chi connectivity index (χ1) is 6.66. The van der Waals surface area contributed by atoms with E-state index < -0.39 is 11.9 Å². The van der Waals surface area contributed by atoms with Gasteiger partial charge in [-0.25, -0.2) is 4.39 Å². The van der Waals surface area contributed by atoms with Crippen molar-refractivity contribution in [2.75, 3.05) is 6.61 Å². The van der Waals surface area contributed by atoms with Gasteiger partial charge in [0.05, 0.1) is 18.3 Å². The first kappa shape index (κ1) is 11.0. The lowest BCUT2D eigenvalue weighted by Gasteiger charge is -2.13. The fourth-order valence-corrected chi connectivity index (χ4v) is 1.26. The summed E-state index contributed by atoms with van der Waals surface area (Å²) < 4.78 is 18.6. The summed E-state index contributed by atoms with van der Waals surface area (Å²) in [5.41, 5.74) is 0.237. The SMILES string of the molecule is CCCOc1cccc(F)c1C(C)O. The number of aliphatic hydroxyl groups excluding tert-OH is 1. The number of benzene rings is 1. The quantitative estimate of drug-likeness (QED) is 0.806. The molecule has 3 heteroatoms. The van der Waals surface area contributed by atoms with E-state index in [2.05, 4.69) is 0 Å². The van der Waals surface area contributed by atoms with Gasteiger partial charge in [0.1, 0.15) is 11.6 Å². The minimum absolute atomic E-state index is 0.237. The Balaban J connectivity index is 2.96. The van der Waals surface area contributed by atoms with Crippen LogP contribution in [0.3, 0.4) is 0 Å². The number of rotatable bonds is 4. The summed E-state index contributed by atoms with van der Waals surface area (Å²) in [4.78, 5) is 0. The van der Waals surface area contributed by atoms with Crippen LogP contribution in [-0.2, 0) is 0 Å². The van der Waals surface area contributed by atoms with Crippen molar-refractivity contribution < 1.29 is 14.2 Å². The Labute approximate surface area is 83.3 Å². The van der Waals surface area contributed by atoms with E-state index in [0.717, 1.165) is 6.42 Å². The van der Waals surface area contributed by atoms with E-state index in [9.17, 15) is 9.50 Å². The summed E-state index contributed by atoms with van der Waals surface area (Å²) in [6.07, 6.45) is 0.0125. The van der Waals surface area contributed by atoms with Crippen LogP contribution in [0.1, 0.15) is 31.9 Å². The zero-order valence-electron chi connectivity index (χ0n) is 8.46. The summed E-state index contributed by atoms with van der Waals surface area (Å²) in [5, 5.41) is 9.36. The van der Waals surface area contributed by atoms with Crippen LogP contribution in [0.5, 0.6) is 5.75 Å². The predicted octanol–water partition coefficient (Wildman–Crippen LogP) is 2.67. The van der Waals surface area contributed by atoms with Crippen LogP contribution in [0, 0.1) is 5.82 Å². The second-order valence-electron chi connectivity index (χ2n) is 3.18. The molecule has 0 heterocycles. The van der Waals surface area contributed by atoms with Crippen molar-refractivity contribution >= 4 is 0 Å². The van der Waals surface area contributed by atoms with Gasteiger partial charge in [0.25, 0.3) is 0 Å². The minimum Gasteiger partial charge on any atom is -0.493 e. The van der Waals surface area contributed by atoms with Crippen molar-refractivity contribution in [3.63, 3.8) is 0 Å². The van der Waals surface area contributed by atoms with E-state index in [1.165, 1.54) is 13.0 Å². The number of hydrogen-bond donors (Lipinski definition) is 1. The molecule has 1 unspecified atom stereocenters. The molecule has 0 aromatic heterocycles. The zero-order valence-corrected chi connectivity index (χ0v) is 8.46. The van der Waals surface area contributed by atoms with Gasteiger partial charge in [-0.15, -0.1) is 0 Å². The van der Waals surface area contributed by atoms with Crippen molar-refractivity contribution in [2.45, 2.75) is 26.4 Å². The van der Waals surface area contributed by atoms with Crippen LogP contribution in [0.25, 0.3) is 0 Å². The molecule has 0 saturated carbocycles. The maximum absolute atomic E-state index is 13.3. The summed E-state index contributed by atoms with van der Waals surface area (Å²) >= 11 is 0. The Hall–Kier alpha value is -1.09. The third kappa shape index (κ3) is 2.45. The molecule has 78 valence electrons. The Morgan fingerprint density at radius 2 is 2.21 bits per heavy atom. The molecular formula is C11H15FO2. The molecule has 1 aromatic rings. The largest absolute Gasteiger partial charge is 0.493 e. The minimum atomic E-state index is -0.844. The molecule has 0 radical (unpaired) electrons. The van der Waals surface area contributed by atoms with E-state index in [0.29, 0.717) is 12.4 Å². The highest BCUT2D eigenvalue weighted by atomic mass is 19.1. The van der Waals surface area contributed by atoms with Crippen molar-refractivity contribution in [1.29, 1.82) is 0 Å². The molecular weight excluding hydrogens is 183 g/mol. The van der Waals surface area contributed by atoms with E-state index >= 15 is 0 Å². The Bertz CT molecular complexity index is 297. The van der Waals surface area contributed by atoms with Crippen molar-refractivity contribution in [2.24, 2.45) is 0 Å². The van der Waals surface area contributed by atoms with Crippen molar-refractivity contribution in [3.8, 4) is 5.75 Å². The van der Waals surface area contributed by atoms with Crippen LogP contribution >= 0.6 is 0 Å². The molecule has 0 aliphatic heterocycles. The highest BCUT2D eigenvalue weighted by Crippen LogP contribution is 2.27. The molecule has 1 N–H and O–H groups in total. The second-order valence-corrected chi connectivity index (χ2v) is 3.18. The lowest BCUT2D eigenvalue weighted by molar-refractivity contribution is 0.185. The average Bonchev–Trinajstić information content (AvgIpc) is 2.14. The first-order valence-electron chi connectivity index (χ1n) is 4.76. The van der Waals surface area contributed by atoms with Crippen molar-refractivity contribution in [3.05, 3.63) is 29.6 Å². The summed E-state index contributed by atoms with van der Waals surface area (Å²) in [7, 11) is 0. The average molecular weight is 198 g/mol. The lowest BCUT2D eigenvalue weighted by atomic mass is 10.1. The fourth-order valence-electron chi connectivity index (χ4n) is 1.26. The normalized spacial score (nSPS) is 12.6. The molecule has 14 heavy (non-hydrogen) atoms. The van der Waals surface area contributed by atoms with Gasteiger partial charge < -0.3 is 9.84 Å². The van der Waals surface area contributed by atoms with E-state index in [-0.39, 0.29) is 5.56 Å². The molecule has 0 bridgehead atoms. The molecule has 0 amide bonds. The first-order valence-corrected chi connectivity index (χ1v) is 4.76. The molecule has 1 rings (SSSR count). The van der Waals surface area contributed by atoms with Crippen LogP contribution in [0.2, 0.25) is 0 Å². The third-order valence-corrected chi connectivity index (χ3v) is 1.89. The van der Waals surface area contributed by atoms with Gasteiger partial charge in [-0.05, 0) is 25.5 Å². The Morgan fingerprint density at radius 3 is 2.79 bits per heavy atom. The van der Waals surface area contributed by atoms with Gasteiger partial charge in [-0.2, -0.15) is 0 Å². The summed E-state index contributed by atoms with van der Waals surface area (Å²) in [5.74, 6) is 0.00968.